The Bertz CT molecular complexity index is 1160. The van der Waals surface area contributed by atoms with Crippen LogP contribution in [0.4, 0.5) is 0 Å². The Morgan fingerprint density at radius 2 is 1.79 bits per heavy atom. The van der Waals surface area contributed by atoms with Gasteiger partial charge in [-0.25, -0.2) is 0 Å². The highest BCUT2D eigenvalue weighted by molar-refractivity contribution is 9.10. The van der Waals surface area contributed by atoms with E-state index in [0.717, 1.165) is 46.5 Å². The zero-order valence-corrected chi connectivity index (χ0v) is 21.4. The maximum atomic E-state index is 13.3. The third-order valence-electron chi connectivity index (χ3n) is 6.31. The molecule has 1 aliphatic rings. The largest absolute Gasteiger partial charge is 0.483 e. The lowest BCUT2D eigenvalue weighted by molar-refractivity contribution is -0.142. The fraction of sp³-hybridized carbons (Fsp3) is 0.333. The van der Waals surface area contributed by atoms with Crippen molar-refractivity contribution in [2.24, 2.45) is 0 Å². The van der Waals surface area contributed by atoms with Gasteiger partial charge < -0.3 is 15.0 Å². The second kappa shape index (κ2) is 11.2. The molecule has 0 unspecified atom stereocenters. The molecule has 178 valence electrons. The second-order valence-corrected chi connectivity index (χ2v) is 9.93. The van der Waals surface area contributed by atoms with Gasteiger partial charge in [-0.1, -0.05) is 66.9 Å². The predicted octanol–water partition coefficient (Wildman–Crippen LogP) is 6.11. The van der Waals surface area contributed by atoms with E-state index in [2.05, 4.69) is 21.2 Å². The first-order chi connectivity index (χ1) is 16.4. The average molecular weight is 544 g/mol. The smallest absolute Gasteiger partial charge is 0.261 e. The standard InChI is InChI=1S/C27H28BrClN2O3/c1-18(27(33)30-22-7-3-4-8-22)31(16-19-10-13-21(29)14-11-19)25(32)17-34-24-15-12-20-6-2-5-9-23(20)26(24)28/h2,5-6,9-15,18,22H,3-4,7-8,16-17H2,1H3,(H,30,33)/t18-/m0/s1. The van der Waals surface area contributed by atoms with Crippen LogP contribution in [0.25, 0.3) is 10.8 Å². The van der Waals surface area contributed by atoms with Crippen LogP contribution in [-0.2, 0) is 16.1 Å². The summed E-state index contributed by atoms with van der Waals surface area (Å²) in [6.07, 6.45) is 4.23. The van der Waals surface area contributed by atoms with E-state index >= 15 is 0 Å². The molecule has 0 heterocycles. The summed E-state index contributed by atoms with van der Waals surface area (Å²) in [4.78, 5) is 27.9. The van der Waals surface area contributed by atoms with Crippen LogP contribution in [0.5, 0.6) is 5.75 Å². The Labute approximate surface area is 213 Å². The number of hydrogen-bond donors (Lipinski definition) is 1. The van der Waals surface area contributed by atoms with Gasteiger partial charge in [-0.3, -0.25) is 9.59 Å². The zero-order valence-electron chi connectivity index (χ0n) is 19.1. The van der Waals surface area contributed by atoms with Crippen molar-refractivity contribution in [1.29, 1.82) is 0 Å². The highest BCUT2D eigenvalue weighted by Crippen LogP contribution is 2.33. The highest BCUT2D eigenvalue weighted by atomic mass is 79.9. The SMILES string of the molecule is C[C@@H](C(=O)NC1CCCC1)N(Cc1ccc(Cl)cc1)C(=O)COc1ccc2ccccc2c1Br. The molecule has 1 atom stereocenters. The Morgan fingerprint density at radius 1 is 1.09 bits per heavy atom. The summed E-state index contributed by atoms with van der Waals surface area (Å²) in [7, 11) is 0. The summed E-state index contributed by atoms with van der Waals surface area (Å²) >= 11 is 9.63. The molecule has 34 heavy (non-hydrogen) atoms. The fourth-order valence-electron chi connectivity index (χ4n) is 4.31. The molecule has 0 aromatic heterocycles. The third-order valence-corrected chi connectivity index (χ3v) is 7.38. The number of nitrogens with one attached hydrogen (secondary N) is 1. The van der Waals surface area contributed by atoms with Crippen LogP contribution in [0.3, 0.4) is 0 Å². The third kappa shape index (κ3) is 5.91. The molecule has 3 aromatic rings. The Hall–Kier alpha value is -2.57. The normalized spacial score (nSPS) is 14.7. The number of rotatable bonds is 8. The number of carbonyl (C=O) groups excluding carboxylic acids is 2. The monoisotopic (exact) mass is 542 g/mol. The molecule has 1 aliphatic carbocycles. The quantitative estimate of drug-likeness (QED) is 0.373. The second-order valence-electron chi connectivity index (χ2n) is 8.70. The van der Waals surface area contributed by atoms with Gasteiger partial charge >= 0.3 is 0 Å². The number of ether oxygens (including phenoxy) is 1. The first-order valence-electron chi connectivity index (χ1n) is 11.6. The molecule has 2 amide bonds. The first-order valence-corrected chi connectivity index (χ1v) is 12.7. The summed E-state index contributed by atoms with van der Waals surface area (Å²) in [5.74, 6) is 0.187. The fourth-order valence-corrected chi connectivity index (χ4v) is 5.04. The molecule has 0 saturated heterocycles. The van der Waals surface area contributed by atoms with Crippen molar-refractivity contribution in [3.8, 4) is 5.75 Å². The summed E-state index contributed by atoms with van der Waals surface area (Å²) in [6.45, 7) is 1.88. The minimum atomic E-state index is -0.632. The summed E-state index contributed by atoms with van der Waals surface area (Å²) in [6, 6.07) is 18.6. The van der Waals surface area contributed by atoms with Crippen molar-refractivity contribution in [1.82, 2.24) is 10.2 Å². The molecule has 0 spiro atoms. The van der Waals surface area contributed by atoms with Crippen molar-refractivity contribution in [3.05, 3.63) is 75.7 Å². The van der Waals surface area contributed by atoms with E-state index in [0.29, 0.717) is 10.8 Å². The van der Waals surface area contributed by atoms with Crippen LogP contribution in [-0.4, -0.2) is 35.4 Å². The van der Waals surface area contributed by atoms with E-state index < -0.39 is 6.04 Å². The Morgan fingerprint density at radius 3 is 2.53 bits per heavy atom. The molecule has 4 rings (SSSR count). The molecule has 0 radical (unpaired) electrons. The lowest BCUT2D eigenvalue weighted by Gasteiger charge is -2.29. The number of benzene rings is 3. The van der Waals surface area contributed by atoms with Crippen LogP contribution < -0.4 is 10.1 Å². The molecule has 0 aliphatic heterocycles. The average Bonchev–Trinajstić information content (AvgIpc) is 3.36. The molecule has 5 nitrogen and oxygen atoms in total. The van der Waals surface area contributed by atoms with E-state index in [4.69, 9.17) is 16.3 Å². The zero-order chi connectivity index (χ0) is 24.1. The lowest BCUT2D eigenvalue weighted by atomic mass is 10.1. The van der Waals surface area contributed by atoms with Crippen molar-refractivity contribution >= 4 is 50.1 Å². The highest BCUT2D eigenvalue weighted by Gasteiger charge is 2.29. The van der Waals surface area contributed by atoms with Gasteiger partial charge in [-0.2, -0.15) is 0 Å². The first kappa shape index (κ1) is 24.6. The van der Waals surface area contributed by atoms with Crippen molar-refractivity contribution in [2.75, 3.05) is 6.61 Å². The van der Waals surface area contributed by atoms with Crippen molar-refractivity contribution in [3.63, 3.8) is 0 Å². The van der Waals surface area contributed by atoms with Crippen LogP contribution in [0, 0.1) is 0 Å². The maximum Gasteiger partial charge on any atom is 0.261 e. The van der Waals surface area contributed by atoms with Crippen molar-refractivity contribution in [2.45, 2.75) is 51.2 Å². The Balaban J connectivity index is 1.49. The minimum Gasteiger partial charge on any atom is -0.483 e. The van der Waals surface area contributed by atoms with Gasteiger partial charge in [0.25, 0.3) is 5.91 Å². The molecular weight excluding hydrogens is 516 g/mol. The van der Waals surface area contributed by atoms with Gasteiger partial charge in [0, 0.05) is 17.6 Å². The van der Waals surface area contributed by atoms with E-state index in [9.17, 15) is 9.59 Å². The molecule has 1 saturated carbocycles. The van der Waals surface area contributed by atoms with Crippen LogP contribution in [0.2, 0.25) is 5.02 Å². The van der Waals surface area contributed by atoms with Crippen LogP contribution in [0.15, 0.2) is 65.1 Å². The molecule has 3 aromatic carbocycles. The predicted molar refractivity (Wildman–Crippen MR) is 139 cm³/mol. The number of fused-ring (bicyclic) bond motifs is 1. The number of hydrogen-bond acceptors (Lipinski definition) is 3. The molecule has 1 fully saturated rings. The molecule has 7 heteroatoms. The van der Waals surface area contributed by atoms with Crippen LogP contribution >= 0.6 is 27.5 Å². The van der Waals surface area contributed by atoms with Crippen molar-refractivity contribution < 1.29 is 14.3 Å². The lowest BCUT2D eigenvalue weighted by Crippen LogP contribution is -2.50. The van der Waals surface area contributed by atoms with E-state index in [1.165, 1.54) is 0 Å². The number of amides is 2. The van der Waals surface area contributed by atoms with Crippen LogP contribution in [0.1, 0.15) is 38.2 Å². The van der Waals surface area contributed by atoms with Gasteiger partial charge in [0.05, 0.1) is 4.47 Å². The topological polar surface area (TPSA) is 58.6 Å². The summed E-state index contributed by atoms with van der Waals surface area (Å²) in [5, 5.41) is 5.82. The summed E-state index contributed by atoms with van der Waals surface area (Å²) < 4.78 is 6.72. The summed E-state index contributed by atoms with van der Waals surface area (Å²) in [5.41, 5.74) is 0.894. The molecule has 0 bridgehead atoms. The van der Waals surface area contributed by atoms with Gasteiger partial charge in [-0.05, 0) is 70.2 Å². The van der Waals surface area contributed by atoms with Gasteiger partial charge in [0.1, 0.15) is 11.8 Å². The van der Waals surface area contributed by atoms with Gasteiger partial charge in [0.2, 0.25) is 5.91 Å². The van der Waals surface area contributed by atoms with E-state index in [-0.39, 0.29) is 31.0 Å². The minimum absolute atomic E-state index is 0.138. The maximum absolute atomic E-state index is 13.3. The molecular formula is C27H28BrClN2O3. The number of halogens is 2. The van der Waals surface area contributed by atoms with E-state index in [1.807, 2.05) is 48.5 Å². The number of carbonyl (C=O) groups is 2. The Kier molecular flexibility index (Phi) is 8.11. The van der Waals surface area contributed by atoms with Gasteiger partial charge in [0.15, 0.2) is 6.61 Å². The number of nitrogens with zero attached hydrogens (tertiary/aromatic N) is 1. The molecule has 1 N–H and O–H groups in total. The van der Waals surface area contributed by atoms with E-state index in [1.54, 1.807) is 24.0 Å². The van der Waals surface area contributed by atoms with Gasteiger partial charge in [-0.15, -0.1) is 0 Å².